The number of hydrogen-bond donors (Lipinski definition) is 4. The maximum Gasteiger partial charge on any atom is 0.326 e. The van der Waals surface area contributed by atoms with Crippen LogP contribution in [-0.4, -0.2) is 40.4 Å². The molecule has 2 amide bonds. The van der Waals surface area contributed by atoms with Crippen LogP contribution in [0, 0.1) is 5.92 Å². The fraction of sp³-hybridized carbons (Fsp3) is 0.857. The van der Waals surface area contributed by atoms with Crippen LogP contribution in [0.25, 0.3) is 0 Å². The molecule has 4 N–H and O–H groups in total. The predicted octanol–water partition coefficient (Wildman–Crippen LogP) is 1.48. The maximum absolute atomic E-state index is 11.9. The molecule has 6 heteroatoms. The van der Waals surface area contributed by atoms with E-state index in [1.807, 2.05) is 6.92 Å². The molecule has 0 aliphatic heterocycles. The van der Waals surface area contributed by atoms with Crippen LogP contribution in [0.4, 0.5) is 4.79 Å². The molecule has 20 heavy (non-hydrogen) atoms. The first-order valence-electron chi connectivity index (χ1n) is 7.43. The monoisotopic (exact) mass is 286 g/mol. The minimum Gasteiger partial charge on any atom is -0.480 e. The molecule has 1 fully saturated rings. The van der Waals surface area contributed by atoms with Crippen LogP contribution in [0.1, 0.15) is 52.4 Å². The lowest BCUT2D eigenvalue weighted by Crippen LogP contribution is -2.53. The van der Waals surface area contributed by atoms with Gasteiger partial charge in [0.15, 0.2) is 0 Å². The van der Waals surface area contributed by atoms with Crippen molar-refractivity contribution >= 4 is 12.0 Å². The molecule has 116 valence electrons. The number of aliphatic hydroxyl groups excluding tert-OH is 1. The largest absolute Gasteiger partial charge is 0.480 e. The van der Waals surface area contributed by atoms with E-state index in [4.69, 9.17) is 5.11 Å². The lowest BCUT2D eigenvalue weighted by Gasteiger charge is -2.25. The Morgan fingerprint density at radius 2 is 1.90 bits per heavy atom. The van der Waals surface area contributed by atoms with E-state index in [1.165, 1.54) is 0 Å². The first-order valence-corrected chi connectivity index (χ1v) is 7.43. The van der Waals surface area contributed by atoms with Gasteiger partial charge < -0.3 is 20.8 Å². The Bertz CT molecular complexity index is 335. The Hall–Kier alpha value is -1.30. The van der Waals surface area contributed by atoms with Crippen molar-refractivity contribution in [2.75, 3.05) is 0 Å². The molecule has 1 aliphatic rings. The lowest BCUT2D eigenvalue weighted by atomic mass is 9.99. The molecule has 0 spiro atoms. The molecule has 0 aromatic carbocycles. The second-order valence-corrected chi connectivity index (χ2v) is 5.63. The van der Waals surface area contributed by atoms with Gasteiger partial charge in [-0.2, -0.15) is 0 Å². The summed E-state index contributed by atoms with van der Waals surface area (Å²) in [5.74, 6) is -1.17. The smallest absolute Gasteiger partial charge is 0.326 e. The molecule has 0 radical (unpaired) electrons. The van der Waals surface area contributed by atoms with Crippen molar-refractivity contribution in [1.82, 2.24) is 10.6 Å². The molecule has 0 bridgehead atoms. The number of carboxylic acid groups (broad SMARTS) is 1. The summed E-state index contributed by atoms with van der Waals surface area (Å²) >= 11 is 0. The quantitative estimate of drug-likeness (QED) is 0.575. The topological polar surface area (TPSA) is 98.7 Å². The van der Waals surface area contributed by atoms with Crippen molar-refractivity contribution in [2.24, 2.45) is 5.92 Å². The zero-order valence-electron chi connectivity index (χ0n) is 12.3. The van der Waals surface area contributed by atoms with Crippen LogP contribution >= 0.6 is 0 Å². The summed E-state index contributed by atoms with van der Waals surface area (Å²) in [6.07, 6.45) is 4.52. The minimum atomic E-state index is -1.03. The van der Waals surface area contributed by atoms with Crippen LogP contribution in [0.3, 0.4) is 0 Å². The molecule has 4 unspecified atom stereocenters. The van der Waals surface area contributed by atoms with Crippen molar-refractivity contribution in [3.05, 3.63) is 0 Å². The molecule has 0 saturated heterocycles. The molecule has 4 atom stereocenters. The first-order chi connectivity index (χ1) is 9.45. The van der Waals surface area contributed by atoms with E-state index in [1.54, 1.807) is 6.92 Å². The Labute approximate surface area is 119 Å². The highest BCUT2D eigenvalue weighted by Gasteiger charge is 2.28. The molecule has 1 aliphatic carbocycles. The van der Waals surface area contributed by atoms with Gasteiger partial charge >= 0.3 is 12.0 Å². The molecule has 0 heterocycles. The SMILES string of the molecule is CCC(C)C(NC(=O)NC1CCCCCC1O)C(=O)O. The number of carbonyl (C=O) groups is 2. The van der Waals surface area contributed by atoms with E-state index < -0.39 is 24.1 Å². The average molecular weight is 286 g/mol. The Morgan fingerprint density at radius 1 is 1.25 bits per heavy atom. The van der Waals surface area contributed by atoms with Crippen LogP contribution in [0.15, 0.2) is 0 Å². The summed E-state index contributed by atoms with van der Waals surface area (Å²) in [7, 11) is 0. The number of carbonyl (C=O) groups excluding carboxylic acids is 1. The van der Waals surface area contributed by atoms with Crippen molar-refractivity contribution in [1.29, 1.82) is 0 Å². The number of hydrogen-bond acceptors (Lipinski definition) is 3. The highest BCUT2D eigenvalue weighted by atomic mass is 16.4. The van der Waals surface area contributed by atoms with Crippen LogP contribution in [0.5, 0.6) is 0 Å². The van der Waals surface area contributed by atoms with Gasteiger partial charge in [0.2, 0.25) is 0 Å². The zero-order chi connectivity index (χ0) is 15.1. The standard InChI is InChI=1S/C14H26N2O4/c1-3-9(2)12(13(18)19)16-14(20)15-10-7-5-4-6-8-11(10)17/h9-12,17H,3-8H2,1-2H3,(H,18,19)(H2,15,16,20). The van der Waals surface area contributed by atoms with Crippen molar-refractivity contribution in [2.45, 2.75) is 70.6 Å². The normalized spacial score (nSPS) is 26.1. The summed E-state index contributed by atoms with van der Waals surface area (Å²) in [6, 6.07) is -1.70. The Kier molecular flexibility index (Phi) is 6.78. The van der Waals surface area contributed by atoms with E-state index in [0.29, 0.717) is 12.8 Å². The third-order valence-corrected chi connectivity index (χ3v) is 4.06. The number of rotatable bonds is 5. The van der Waals surface area contributed by atoms with E-state index >= 15 is 0 Å². The molecular formula is C14H26N2O4. The lowest BCUT2D eigenvalue weighted by molar-refractivity contribution is -0.140. The van der Waals surface area contributed by atoms with Gasteiger partial charge in [-0.05, 0) is 18.8 Å². The fourth-order valence-electron chi connectivity index (χ4n) is 2.49. The van der Waals surface area contributed by atoms with Crippen LogP contribution in [-0.2, 0) is 4.79 Å². The van der Waals surface area contributed by atoms with Gasteiger partial charge in [-0.25, -0.2) is 9.59 Å². The first kappa shape index (κ1) is 16.8. The second kappa shape index (κ2) is 8.09. The fourth-order valence-corrected chi connectivity index (χ4v) is 2.49. The van der Waals surface area contributed by atoms with Gasteiger partial charge in [0.05, 0.1) is 12.1 Å². The Balaban J connectivity index is 2.54. The van der Waals surface area contributed by atoms with Gasteiger partial charge in [-0.3, -0.25) is 0 Å². The summed E-state index contributed by atoms with van der Waals surface area (Å²) < 4.78 is 0. The number of carboxylic acids is 1. The van der Waals surface area contributed by atoms with Gasteiger partial charge in [0, 0.05) is 0 Å². The average Bonchev–Trinajstić information content (AvgIpc) is 2.60. The summed E-state index contributed by atoms with van der Waals surface area (Å²) in [6.45, 7) is 3.68. The number of urea groups is 1. The third-order valence-electron chi connectivity index (χ3n) is 4.06. The molecule has 1 rings (SSSR count). The molecule has 0 aromatic rings. The molecule has 1 saturated carbocycles. The highest BCUT2D eigenvalue weighted by Crippen LogP contribution is 2.18. The van der Waals surface area contributed by atoms with E-state index in [-0.39, 0.29) is 12.0 Å². The summed E-state index contributed by atoms with van der Waals surface area (Å²) in [4.78, 5) is 23.1. The second-order valence-electron chi connectivity index (χ2n) is 5.63. The minimum absolute atomic E-state index is 0.141. The van der Waals surface area contributed by atoms with Crippen LogP contribution < -0.4 is 10.6 Å². The summed E-state index contributed by atoms with van der Waals surface area (Å²) in [5.41, 5.74) is 0. The molecular weight excluding hydrogens is 260 g/mol. The maximum atomic E-state index is 11.9. The number of aliphatic hydroxyl groups is 1. The molecule has 0 aromatic heterocycles. The van der Waals surface area contributed by atoms with Crippen LogP contribution in [0.2, 0.25) is 0 Å². The highest BCUT2D eigenvalue weighted by molar-refractivity contribution is 5.82. The van der Waals surface area contributed by atoms with E-state index in [9.17, 15) is 14.7 Å². The number of amides is 2. The van der Waals surface area contributed by atoms with E-state index in [0.717, 1.165) is 25.7 Å². The van der Waals surface area contributed by atoms with Gasteiger partial charge in [-0.15, -0.1) is 0 Å². The number of aliphatic carboxylic acids is 1. The molecule has 6 nitrogen and oxygen atoms in total. The van der Waals surface area contributed by atoms with Crippen molar-refractivity contribution in [3.63, 3.8) is 0 Å². The van der Waals surface area contributed by atoms with Gasteiger partial charge in [0.1, 0.15) is 6.04 Å². The third kappa shape index (κ3) is 5.00. The number of nitrogens with one attached hydrogen (secondary N) is 2. The zero-order valence-corrected chi connectivity index (χ0v) is 12.3. The Morgan fingerprint density at radius 3 is 2.50 bits per heavy atom. The predicted molar refractivity (Wildman–Crippen MR) is 75.4 cm³/mol. The summed E-state index contributed by atoms with van der Waals surface area (Å²) in [5, 5.41) is 24.3. The van der Waals surface area contributed by atoms with Gasteiger partial charge in [0.25, 0.3) is 0 Å². The van der Waals surface area contributed by atoms with Crippen molar-refractivity contribution < 1.29 is 19.8 Å². The van der Waals surface area contributed by atoms with E-state index in [2.05, 4.69) is 10.6 Å². The van der Waals surface area contributed by atoms with Crippen molar-refractivity contribution in [3.8, 4) is 0 Å². The van der Waals surface area contributed by atoms with Gasteiger partial charge in [-0.1, -0.05) is 39.5 Å².